The Hall–Kier alpha value is -0.610. The lowest BCUT2D eigenvalue weighted by atomic mass is 10.1. The minimum Gasteiger partial charge on any atom is -0.425 e. The van der Waals surface area contributed by atoms with Gasteiger partial charge in [-0.25, -0.2) is 0 Å². The molecule has 2 atom stereocenters. The molecule has 0 spiro atoms. The summed E-state index contributed by atoms with van der Waals surface area (Å²) in [4.78, 5) is 0. The van der Waals surface area contributed by atoms with Gasteiger partial charge in [0.2, 0.25) is 11.8 Å². The molecule has 1 saturated heterocycles. The normalized spacial score (nSPS) is 26.0. The molecule has 0 aromatic carbocycles. The minimum absolute atomic E-state index is 0.275. The van der Waals surface area contributed by atoms with Crippen LogP contribution in [0.2, 0.25) is 0 Å². The maximum Gasteiger partial charge on any atom is 0.222 e. The highest BCUT2D eigenvalue weighted by Crippen LogP contribution is 2.28. The number of aryl methyl sites for hydroxylation is 1. The van der Waals surface area contributed by atoms with E-state index in [9.17, 15) is 0 Å². The number of aromatic nitrogens is 2. The van der Waals surface area contributed by atoms with Crippen LogP contribution >= 0.6 is 11.6 Å². The van der Waals surface area contributed by atoms with Crippen LogP contribution in [-0.4, -0.2) is 28.8 Å². The molecule has 2 rings (SSSR count). The third-order valence-corrected chi connectivity index (χ3v) is 2.82. The fourth-order valence-electron chi connectivity index (χ4n) is 1.74. The van der Waals surface area contributed by atoms with E-state index in [2.05, 4.69) is 17.1 Å². The van der Waals surface area contributed by atoms with Crippen molar-refractivity contribution in [3.05, 3.63) is 11.8 Å². The van der Waals surface area contributed by atoms with Gasteiger partial charge < -0.3 is 9.15 Å². The molecule has 1 aliphatic rings. The van der Waals surface area contributed by atoms with E-state index in [1.807, 2.05) is 0 Å². The molecule has 15 heavy (non-hydrogen) atoms. The van der Waals surface area contributed by atoms with E-state index in [0.29, 0.717) is 30.4 Å². The second-order valence-corrected chi connectivity index (χ2v) is 4.28. The molecule has 1 aromatic rings. The van der Waals surface area contributed by atoms with Crippen molar-refractivity contribution in [2.24, 2.45) is 0 Å². The third-order valence-electron chi connectivity index (χ3n) is 2.55. The standard InChI is InChI=1S/C10H15ClN2O2/c1-7-5-8(6-14-7)10-13-12-9(15-10)3-2-4-11/h7-8H,2-6H2,1H3. The highest BCUT2D eigenvalue weighted by molar-refractivity contribution is 6.17. The number of hydrogen-bond acceptors (Lipinski definition) is 4. The monoisotopic (exact) mass is 230 g/mol. The van der Waals surface area contributed by atoms with Crippen LogP contribution in [0.25, 0.3) is 0 Å². The van der Waals surface area contributed by atoms with Gasteiger partial charge in [0.05, 0.1) is 18.6 Å². The van der Waals surface area contributed by atoms with Crippen LogP contribution in [0, 0.1) is 0 Å². The van der Waals surface area contributed by atoms with Crippen LogP contribution in [0.1, 0.15) is 37.5 Å². The molecule has 0 N–H and O–H groups in total. The Morgan fingerprint density at radius 1 is 1.47 bits per heavy atom. The summed E-state index contributed by atoms with van der Waals surface area (Å²) < 4.78 is 11.0. The van der Waals surface area contributed by atoms with Crippen molar-refractivity contribution in [2.75, 3.05) is 12.5 Å². The van der Waals surface area contributed by atoms with Crippen molar-refractivity contribution >= 4 is 11.6 Å². The molecule has 84 valence electrons. The molecule has 1 aliphatic heterocycles. The molecular formula is C10H15ClN2O2. The van der Waals surface area contributed by atoms with E-state index in [4.69, 9.17) is 20.8 Å². The Morgan fingerprint density at radius 2 is 2.33 bits per heavy atom. The number of halogens is 1. The van der Waals surface area contributed by atoms with Gasteiger partial charge in [-0.05, 0) is 19.8 Å². The summed E-state index contributed by atoms with van der Waals surface area (Å²) in [7, 11) is 0. The van der Waals surface area contributed by atoms with Crippen LogP contribution in [0.4, 0.5) is 0 Å². The molecular weight excluding hydrogens is 216 g/mol. The average Bonchev–Trinajstić information content (AvgIpc) is 2.83. The van der Waals surface area contributed by atoms with E-state index in [1.165, 1.54) is 0 Å². The quantitative estimate of drug-likeness (QED) is 0.744. The third kappa shape index (κ3) is 2.69. The lowest BCUT2D eigenvalue weighted by molar-refractivity contribution is 0.122. The largest absolute Gasteiger partial charge is 0.425 e. The van der Waals surface area contributed by atoms with Gasteiger partial charge in [-0.15, -0.1) is 21.8 Å². The summed E-state index contributed by atoms with van der Waals surface area (Å²) in [6.45, 7) is 2.75. The predicted molar refractivity (Wildman–Crippen MR) is 56.1 cm³/mol. The summed E-state index contributed by atoms with van der Waals surface area (Å²) in [6.07, 6.45) is 2.91. The van der Waals surface area contributed by atoms with Crippen LogP contribution < -0.4 is 0 Å². The van der Waals surface area contributed by atoms with Crippen molar-refractivity contribution in [2.45, 2.75) is 38.2 Å². The fraction of sp³-hybridized carbons (Fsp3) is 0.800. The highest BCUT2D eigenvalue weighted by Gasteiger charge is 2.27. The maximum atomic E-state index is 5.59. The van der Waals surface area contributed by atoms with Gasteiger partial charge in [0.25, 0.3) is 0 Å². The van der Waals surface area contributed by atoms with Crippen LogP contribution in [0.15, 0.2) is 4.42 Å². The number of nitrogens with zero attached hydrogens (tertiary/aromatic N) is 2. The number of rotatable bonds is 4. The highest BCUT2D eigenvalue weighted by atomic mass is 35.5. The smallest absolute Gasteiger partial charge is 0.222 e. The summed E-state index contributed by atoms with van der Waals surface area (Å²) >= 11 is 5.59. The zero-order chi connectivity index (χ0) is 10.7. The van der Waals surface area contributed by atoms with Crippen LogP contribution in [-0.2, 0) is 11.2 Å². The predicted octanol–water partition coefficient (Wildman–Crippen LogP) is 2.13. The lowest BCUT2D eigenvalue weighted by Crippen LogP contribution is -1.98. The summed E-state index contributed by atoms with van der Waals surface area (Å²) in [6, 6.07) is 0. The van der Waals surface area contributed by atoms with Gasteiger partial charge in [-0.3, -0.25) is 0 Å². The molecule has 0 saturated carbocycles. The van der Waals surface area contributed by atoms with Gasteiger partial charge in [-0.1, -0.05) is 0 Å². The van der Waals surface area contributed by atoms with E-state index >= 15 is 0 Å². The topological polar surface area (TPSA) is 48.2 Å². The Balaban J connectivity index is 1.94. The van der Waals surface area contributed by atoms with E-state index < -0.39 is 0 Å². The van der Waals surface area contributed by atoms with E-state index in [1.54, 1.807) is 0 Å². The second kappa shape index (κ2) is 4.94. The molecule has 4 nitrogen and oxygen atoms in total. The summed E-state index contributed by atoms with van der Waals surface area (Å²) in [5.41, 5.74) is 0. The Kier molecular flexibility index (Phi) is 3.59. The van der Waals surface area contributed by atoms with E-state index in [-0.39, 0.29) is 5.92 Å². The molecule has 2 heterocycles. The van der Waals surface area contributed by atoms with Gasteiger partial charge in [0.1, 0.15) is 0 Å². The number of hydrogen-bond donors (Lipinski definition) is 0. The minimum atomic E-state index is 0.275. The molecule has 0 amide bonds. The Bertz CT molecular complexity index is 316. The van der Waals surface area contributed by atoms with Crippen LogP contribution in [0.5, 0.6) is 0 Å². The lowest BCUT2D eigenvalue weighted by Gasteiger charge is -1.99. The number of alkyl halides is 1. The van der Waals surface area contributed by atoms with Crippen molar-refractivity contribution < 1.29 is 9.15 Å². The first-order valence-corrected chi connectivity index (χ1v) is 5.83. The first-order chi connectivity index (χ1) is 7.29. The maximum absolute atomic E-state index is 5.59. The van der Waals surface area contributed by atoms with Crippen molar-refractivity contribution in [1.82, 2.24) is 10.2 Å². The summed E-state index contributed by atoms with van der Waals surface area (Å²) in [5, 5.41) is 8.04. The number of ether oxygens (including phenoxy) is 1. The van der Waals surface area contributed by atoms with Crippen molar-refractivity contribution in [3.8, 4) is 0 Å². The molecule has 0 aliphatic carbocycles. The van der Waals surface area contributed by atoms with Gasteiger partial charge >= 0.3 is 0 Å². The first kappa shape index (κ1) is 10.9. The second-order valence-electron chi connectivity index (χ2n) is 3.90. The molecule has 1 aromatic heterocycles. The Morgan fingerprint density at radius 3 is 3.00 bits per heavy atom. The van der Waals surface area contributed by atoms with Gasteiger partial charge in [-0.2, -0.15) is 0 Å². The van der Waals surface area contributed by atoms with Crippen molar-refractivity contribution in [1.29, 1.82) is 0 Å². The van der Waals surface area contributed by atoms with Crippen molar-refractivity contribution in [3.63, 3.8) is 0 Å². The zero-order valence-electron chi connectivity index (χ0n) is 8.78. The molecule has 2 unspecified atom stereocenters. The van der Waals surface area contributed by atoms with E-state index in [0.717, 1.165) is 19.3 Å². The SMILES string of the molecule is CC1CC(c2nnc(CCCCl)o2)CO1. The molecule has 5 heteroatoms. The molecule has 0 bridgehead atoms. The molecule has 1 fully saturated rings. The van der Waals surface area contributed by atoms with Gasteiger partial charge in [0.15, 0.2) is 0 Å². The first-order valence-electron chi connectivity index (χ1n) is 5.29. The molecule has 0 radical (unpaired) electrons. The van der Waals surface area contributed by atoms with Gasteiger partial charge in [0, 0.05) is 12.3 Å². The Labute approximate surface area is 94.0 Å². The van der Waals surface area contributed by atoms with Crippen LogP contribution in [0.3, 0.4) is 0 Å². The zero-order valence-corrected chi connectivity index (χ0v) is 9.54. The average molecular weight is 231 g/mol. The fourth-order valence-corrected chi connectivity index (χ4v) is 1.87. The summed E-state index contributed by atoms with van der Waals surface area (Å²) in [5.74, 6) is 2.30.